The zero-order chi connectivity index (χ0) is 16.4. The molecule has 7 heteroatoms. The molecule has 0 saturated heterocycles. The van der Waals surface area contributed by atoms with Crippen molar-refractivity contribution in [3.8, 4) is 0 Å². The lowest BCUT2D eigenvalue weighted by Gasteiger charge is -2.21. The standard InChI is InChI=1S/C16H17ClN2O3S/c1-2-10-23(20,21)19-15(16-4-3-9-22-16)11-14(18-19)12-5-7-13(17)8-6-12/h3-9,15H,2,10-11H2,1H3/t15-/m0/s1. The molecule has 1 aromatic heterocycles. The molecule has 1 aliphatic heterocycles. The van der Waals surface area contributed by atoms with Crippen molar-refractivity contribution in [1.82, 2.24) is 4.41 Å². The number of furan rings is 1. The maximum Gasteiger partial charge on any atom is 0.250 e. The Bertz CT molecular complexity index is 798. The number of hydrogen-bond acceptors (Lipinski definition) is 4. The molecule has 1 atom stereocenters. The van der Waals surface area contributed by atoms with Crippen LogP contribution in [0, 0.1) is 0 Å². The second-order valence-electron chi connectivity index (χ2n) is 5.38. The topological polar surface area (TPSA) is 62.9 Å². The molecule has 2 aromatic rings. The third-order valence-corrected chi connectivity index (χ3v) is 5.75. The average Bonchev–Trinajstić information content (AvgIpc) is 3.17. The number of hydrazone groups is 1. The van der Waals surface area contributed by atoms with Crippen molar-refractivity contribution in [2.75, 3.05) is 5.75 Å². The van der Waals surface area contributed by atoms with Gasteiger partial charge in [0.25, 0.3) is 10.0 Å². The number of nitrogens with zero attached hydrogens (tertiary/aromatic N) is 2. The smallest absolute Gasteiger partial charge is 0.250 e. The first-order valence-corrected chi connectivity index (χ1v) is 9.39. The summed E-state index contributed by atoms with van der Waals surface area (Å²) in [6.07, 6.45) is 2.55. The van der Waals surface area contributed by atoms with Gasteiger partial charge in [-0.05, 0) is 36.2 Å². The van der Waals surface area contributed by atoms with Crippen LogP contribution < -0.4 is 0 Å². The minimum Gasteiger partial charge on any atom is -0.467 e. The molecule has 0 aliphatic carbocycles. The van der Waals surface area contributed by atoms with Crippen LogP contribution in [-0.2, 0) is 10.0 Å². The molecule has 0 spiro atoms. The maximum atomic E-state index is 12.5. The quantitative estimate of drug-likeness (QED) is 0.821. The van der Waals surface area contributed by atoms with Gasteiger partial charge in [0, 0.05) is 11.4 Å². The fourth-order valence-electron chi connectivity index (χ4n) is 2.61. The Labute approximate surface area is 140 Å². The highest BCUT2D eigenvalue weighted by Gasteiger charge is 2.37. The van der Waals surface area contributed by atoms with Crippen LogP contribution in [0.25, 0.3) is 0 Å². The van der Waals surface area contributed by atoms with E-state index in [4.69, 9.17) is 16.0 Å². The van der Waals surface area contributed by atoms with Crippen LogP contribution in [0.3, 0.4) is 0 Å². The summed E-state index contributed by atoms with van der Waals surface area (Å²) < 4.78 is 31.7. The van der Waals surface area contributed by atoms with Crippen LogP contribution in [0.4, 0.5) is 0 Å². The second kappa shape index (κ2) is 6.37. The van der Waals surface area contributed by atoms with Crippen LogP contribution >= 0.6 is 11.6 Å². The van der Waals surface area contributed by atoms with Gasteiger partial charge < -0.3 is 4.42 Å². The molecular formula is C16H17ClN2O3S. The maximum absolute atomic E-state index is 12.5. The van der Waals surface area contributed by atoms with Gasteiger partial charge >= 0.3 is 0 Å². The molecule has 2 heterocycles. The molecule has 0 saturated carbocycles. The minimum atomic E-state index is -3.47. The lowest BCUT2D eigenvalue weighted by Crippen LogP contribution is -2.29. The number of hydrogen-bond donors (Lipinski definition) is 0. The van der Waals surface area contributed by atoms with E-state index in [-0.39, 0.29) is 5.75 Å². The molecule has 122 valence electrons. The largest absolute Gasteiger partial charge is 0.467 e. The summed E-state index contributed by atoms with van der Waals surface area (Å²) in [7, 11) is -3.47. The van der Waals surface area contributed by atoms with Crippen LogP contribution in [0.2, 0.25) is 5.02 Å². The minimum absolute atomic E-state index is 0.0571. The average molecular weight is 353 g/mol. The molecule has 1 aliphatic rings. The predicted octanol–water partition coefficient (Wildman–Crippen LogP) is 3.82. The van der Waals surface area contributed by atoms with Crippen molar-refractivity contribution in [3.63, 3.8) is 0 Å². The Balaban J connectivity index is 1.98. The van der Waals surface area contributed by atoms with E-state index in [0.717, 1.165) is 5.56 Å². The monoisotopic (exact) mass is 352 g/mol. The van der Waals surface area contributed by atoms with Gasteiger partial charge in [-0.1, -0.05) is 30.7 Å². The van der Waals surface area contributed by atoms with E-state index in [2.05, 4.69) is 5.10 Å². The van der Waals surface area contributed by atoms with Crippen molar-refractivity contribution in [2.45, 2.75) is 25.8 Å². The summed E-state index contributed by atoms with van der Waals surface area (Å²) in [6.45, 7) is 1.83. The number of halogens is 1. The fourth-order valence-corrected chi connectivity index (χ4v) is 4.22. The Morgan fingerprint density at radius 3 is 2.65 bits per heavy atom. The Morgan fingerprint density at radius 2 is 2.04 bits per heavy atom. The van der Waals surface area contributed by atoms with Gasteiger partial charge in [-0.2, -0.15) is 9.52 Å². The van der Waals surface area contributed by atoms with E-state index in [9.17, 15) is 8.42 Å². The molecule has 0 N–H and O–H groups in total. The Kier molecular flexibility index (Phi) is 4.46. The van der Waals surface area contributed by atoms with Gasteiger partial charge in [-0.15, -0.1) is 0 Å². The molecule has 0 radical (unpaired) electrons. The van der Waals surface area contributed by atoms with Crippen molar-refractivity contribution in [1.29, 1.82) is 0 Å². The number of sulfonamides is 1. The third kappa shape index (κ3) is 3.28. The van der Waals surface area contributed by atoms with Crippen LogP contribution in [0.15, 0.2) is 52.2 Å². The van der Waals surface area contributed by atoms with E-state index >= 15 is 0 Å². The lowest BCUT2D eigenvalue weighted by atomic mass is 10.0. The highest BCUT2D eigenvalue weighted by molar-refractivity contribution is 7.89. The summed E-state index contributed by atoms with van der Waals surface area (Å²) in [4.78, 5) is 0. The highest BCUT2D eigenvalue weighted by Crippen LogP contribution is 2.35. The lowest BCUT2D eigenvalue weighted by molar-refractivity contribution is 0.320. The zero-order valence-electron chi connectivity index (χ0n) is 12.6. The van der Waals surface area contributed by atoms with Crippen molar-refractivity contribution in [3.05, 3.63) is 59.0 Å². The molecule has 0 amide bonds. The molecule has 0 unspecified atom stereocenters. The Hall–Kier alpha value is -1.79. The normalized spacial score (nSPS) is 18.3. The SMILES string of the molecule is CCCS(=O)(=O)N1N=C(c2ccc(Cl)cc2)C[C@H]1c1ccco1. The van der Waals surface area contributed by atoms with Crippen LogP contribution in [-0.4, -0.2) is 24.3 Å². The second-order valence-corrected chi connectivity index (χ2v) is 7.76. The third-order valence-electron chi connectivity index (χ3n) is 3.67. The molecule has 1 aromatic carbocycles. The van der Waals surface area contributed by atoms with E-state index in [0.29, 0.717) is 29.3 Å². The van der Waals surface area contributed by atoms with E-state index in [1.807, 2.05) is 19.1 Å². The first-order chi connectivity index (χ1) is 11.0. The first-order valence-electron chi connectivity index (χ1n) is 7.40. The summed E-state index contributed by atoms with van der Waals surface area (Å²) >= 11 is 5.91. The Morgan fingerprint density at radius 1 is 1.30 bits per heavy atom. The summed E-state index contributed by atoms with van der Waals surface area (Å²) in [6, 6.07) is 10.3. The first kappa shape index (κ1) is 16.1. The van der Waals surface area contributed by atoms with Crippen LogP contribution in [0.5, 0.6) is 0 Å². The molecule has 3 rings (SSSR count). The number of benzene rings is 1. The van der Waals surface area contributed by atoms with Gasteiger partial charge in [0.15, 0.2) is 0 Å². The highest BCUT2D eigenvalue weighted by atomic mass is 35.5. The van der Waals surface area contributed by atoms with Gasteiger partial charge in [0.05, 0.1) is 17.7 Å². The van der Waals surface area contributed by atoms with E-state index in [1.165, 1.54) is 4.41 Å². The van der Waals surface area contributed by atoms with Crippen molar-refractivity contribution in [2.24, 2.45) is 5.10 Å². The van der Waals surface area contributed by atoms with Crippen molar-refractivity contribution >= 4 is 27.3 Å². The molecule has 0 fully saturated rings. The summed E-state index contributed by atoms with van der Waals surface area (Å²) in [5, 5.41) is 5.00. The van der Waals surface area contributed by atoms with E-state index < -0.39 is 16.1 Å². The van der Waals surface area contributed by atoms with Crippen molar-refractivity contribution < 1.29 is 12.8 Å². The van der Waals surface area contributed by atoms with Crippen LogP contribution in [0.1, 0.15) is 37.1 Å². The fraction of sp³-hybridized carbons (Fsp3) is 0.312. The summed E-state index contributed by atoms with van der Waals surface area (Å²) in [5.41, 5.74) is 1.57. The zero-order valence-corrected chi connectivity index (χ0v) is 14.2. The van der Waals surface area contributed by atoms with Gasteiger partial charge in [-0.25, -0.2) is 8.42 Å². The molecule has 23 heavy (non-hydrogen) atoms. The van der Waals surface area contributed by atoms with Gasteiger partial charge in [0.2, 0.25) is 0 Å². The molecule has 0 bridgehead atoms. The molecular weight excluding hydrogens is 336 g/mol. The molecule has 5 nitrogen and oxygen atoms in total. The van der Waals surface area contributed by atoms with Gasteiger partial charge in [-0.3, -0.25) is 0 Å². The number of rotatable bonds is 5. The van der Waals surface area contributed by atoms with Gasteiger partial charge in [0.1, 0.15) is 11.8 Å². The predicted molar refractivity (Wildman–Crippen MR) is 90.0 cm³/mol. The summed E-state index contributed by atoms with van der Waals surface area (Å²) in [5.74, 6) is 0.652. The van der Waals surface area contributed by atoms with E-state index in [1.54, 1.807) is 30.5 Å².